The van der Waals surface area contributed by atoms with E-state index in [9.17, 15) is 0 Å². The second-order valence-electron chi connectivity index (χ2n) is 7.55. The third-order valence-corrected chi connectivity index (χ3v) is 5.76. The van der Waals surface area contributed by atoms with Crippen molar-refractivity contribution in [1.29, 1.82) is 0 Å². The molecule has 1 N–H and O–H groups in total. The standard InChI is InChI=1S/C19H35N3O2/c1-20-19(21-14-16-8-5-3-2-4-6-9-16)22-11-13-24-18(15-22)17-10-7-12-23-17/h16-18H,2-15H2,1H3,(H,20,21). The van der Waals surface area contributed by atoms with Crippen LogP contribution in [0, 0.1) is 5.92 Å². The van der Waals surface area contributed by atoms with Crippen LogP contribution in [0.1, 0.15) is 57.8 Å². The molecular weight excluding hydrogens is 302 g/mol. The number of hydrogen-bond donors (Lipinski definition) is 1. The zero-order chi connectivity index (χ0) is 16.6. The first-order chi connectivity index (χ1) is 11.9. The first kappa shape index (κ1) is 18.0. The van der Waals surface area contributed by atoms with Crippen LogP contribution in [0.2, 0.25) is 0 Å². The Hall–Kier alpha value is -0.810. The predicted molar refractivity (Wildman–Crippen MR) is 97.5 cm³/mol. The molecule has 0 aromatic heterocycles. The van der Waals surface area contributed by atoms with Gasteiger partial charge in [-0.25, -0.2) is 0 Å². The summed E-state index contributed by atoms with van der Waals surface area (Å²) in [6, 6.07) is 0. The Bertz CT molecular complexity index is 388. The number of guanidine groups is 1. The summed E-state index contributed by atoms with van der Waals surface area (Å²) in [5, 5.41) is 3.65. The van der Waals surface area contributed by atoms with Crippen LogP contribution in [0.5, 0.6) is 0 Å². The van der Waals surface area contributed by atoms with Gasteiger partial charge in [0.15, 0.2) is 5.96 Å². The van der Waals surface area contributed by atoms with Crippen molar-refractivity contribution in [3.63, 3.8) is 0 Å². The van der Waals surface area contributed by atoms with E-state index >= 15 is 0 Å². The minimum absolute atomic E-state index is 0.196. The van der Waals surface area contributed by atoms with Crippen LogP contribution in [0.4, 0.5) is 0 Å². The van der Waals surface area contributed by atoms with E-state index in [0.29, 0.717) is 0 Å². The average molecular weight is 338 g/mol. The smallest absolute Gasteiger partial charge is 0.193 e. The third-order valence-electron chi connectivity index (χ3n) is 5.76. The second kappa shape index (κ2) is 9.62. The zero-order valence-corrected chi connectivity index (χ0v) is 15.3. The van der Waals surface area contributed by atoms with Crippen LogP contribution in [0.3, 0.4) is 0 Å². The number of ether oxygens (including phenoxy) is 2. The summed E-state index contributed by atoms with van der Waals surface area (Å²) in [5.41, 5.74) is 0. The SMILES string of the molecule is CN=C(NCC1CCCCCCC1)N1CCOC(C2CCCO2)C1. The highest BCUT2D eigenvalue weighted by molar-refractivity contribution is 5.80. The molecule has 138 valence electrons. The van der Waals surface area contributed by atoms with Gasteiger partial charge in [0.25, 0.3) is 0 Å². The van der Waals surface area contributed by atoms with Gasteiger partial charge in [-0.15, -0.1) is 0 Å². The van der Waals surface area contributed by atoms with Crippen molar-refractivity contribution in [1.82, 2.24) is 10.2 Å². The molecule has 0 spiro atoms. The van der Waals surface area contributed by atoms with Crippen molar-refractivity contribution in [2.45, 2.75) is 70.0 Å². The number of hydrogen-bond acceptors (Lipinski definition) is 3. The molecular formula is C19H35N3O2. The molecule has 0 aromatic rings. The molecule has 1 saturated carbocycles. The van der Waals surface area contributed by atoms with E-state index in [0.717, 1.165) is 51.1 Å². The Morgan fingerprint density at radius 1 is 0.958 bits per heavy atom. The predicted octanol–water partition coefficient (Wildman–Crippen LogP) is 2.80. The van der Waals surface area contributed by atoms with Crippen LogP contribution in [0.25, 0.3) is 0 Å². The topological polar surface area (TPSA) is 46.1 Å². The zero-order valence-electron chi connectivity index (χ0n) is 15.3. The van der Waals surface area contributed by atoms with Gasteiger partial charge in [-0.1, -0.05) is 32.1 Å². The number of nitrogens with zero attached hydrogens (tertiary/aromatic N) is 2. The molecule has 5 nitrogen and oxygen atoms in total. The van der Waals surface area contributed by atoms with Gasteiger partial charge in [0.1, 0.15) is 6.10 Å². The molecule has 2 saturated heterocycles. The maximum atomic E-state index is 5.96. The second-order valence-corrected chi connectivity index (χ2v) is 7.55. The van der Waals surface area contributed by atoms with E-state index in [-0.39, 0.29) is 12.2 Å². The van der Waals surface area contributed by atoms with Gasteiger partial charge in [0.2, 0.25) is 0 Å². The first-order valence-corrected chi connectivity index (χ1v) is 10.1. The Morgan fingerprint density at radius 3 is 2.42 bits per heavy atom. The molecule has 2 heterocycles. The van der Waals surface area contributed by atoms with Crippen LogP contribution in [0.15, 0.2) is 4.99 Å². The molecule has 0 amide bonds. The molecule has 0 bridgehead atoms. The first-order valence-electron chi connectivity index (χ1n) is 10.1. The molecule has 3 aliphatic rings. The highest BCUT2D eigenvalue weighted by Gasteiger charge is 2.32. The highest BCUT2D eigenvalue weighted by atomic mass is 16.5. The fourth-order valence-electron chi connectivity index (χ4n) is 4.30. The molecule has 0 aromatic carbocycles. The highest BCUT2D eigenvalue weighted by Crippen LogP contribution is 2.23. The fourth-order valence-corrected chi connectivity index (χ4v) is 4.30. The van der Waals surface area contributed by atoms with Crippen molar-refractivity contribution < 1.29 is 9.47 Å². The van der Waals surface area contributed by atoms with Gasteiger partial charge in [0, 0.05) is 33.3 Å². The molecule has 2 aliphatic heterocycles. The Kier molecular flexibility index (Phi) is 7.21. The third kappa shape index (κ3) is 5.09. The molecule has 24 heavy (non-hydrogen) atoms. The van der Waals surface area contributed by atoms with Gasteiger partial charge in [-0.05, 0) is 31.6 Å². The van der Waals surface area contributed by atoms with Crippen molar-refractivity contribution in [3.8, 4) is 0 Å². The van der Waals surface area contributed by atoms with E-state index in [1.807, 2.05) is 7.05 Å². The molecule has 3 rings (SSSR count). The van der Waals surface area contributed by atoms with E-state index < -0.39 is 0 Å². The maximum absolute atomic E-state index is 5.96. The lowest BCUT2D eigenvalue weighted by molar-refractivity contribution is -0.0817. The summed E-state index contributed by atoms with van der Waals surface area (Å²) in [4.78, 5) is 6.89. The number of nitrogens with one attached hydrogen (secondary N) is 1. The summed E-state index contributed by atoms with van der Waals surface area (Å²) >= 11 is 0. The normalized spacial score (nSPS) is 30.9. The van der Waals surface area contributed by atoms with Gasteiger partial charge < -0.3 is 19.7 Å². The number of aliphatic imine (C=N–C) groups is 1. The monoisotopic (exact) mass is 337 g/mol. The van der Waals surface area contributed by atoms with Crippen molar-refractivity contribution in [2.75, 3.05) is 39.9 Å². The van der Waals surface area contributed by atoms with Gasteiger partial charge in [0.05, 0.1) is 12.7 Å². The lowest BCUT2D eigenvalue weighted by Crippen LogP contribution is -2.53. The molecule has 2 atom stereocenters. The van der Waals surface area contributed by atoms with Gasteiger partial charge in [-0.2, -0.15) is 0 Å². The maximum Gasteiger partial charge on any atom is 0.193 e. The lowest BCUT2D eigenvalue weighted by Gasteiger charge is -2.37. The van der Waals surface area contributed by atoms with Gasteiger partial charge >= 0.3 is 0 Å². The van der Waals surface area contributed by atoms with E-state index in [1.54, 1.807) is 0 Å². The largest absolute Gasteiger partial charge is 0.375 e. The molecule has 0 radical (unpaired) electrons. The summed E-state index contributed by atoms with van der Waals surface area (Å²) < 4.78 is 11.8. The number of rotatable bonds is 3. The molecule has 1 aliphatic carbocycles. The number of morpholine rings is 1. The molecule has 2 unspecified atom stereocenters. The van der Waals surface area contributed by atoms with Crippen LogP contribution in [-0.2, 0) is 9.47 Å². The van der Waals surface area contributed by atoms with Crippen LogP contribution >= 0.6 is 0 Å². The summed E-state index contributed by atoms with van der Waals surface area (Å²) in [5.74, 6) is 1.85. The Morgan fingerprint density at radius 2 is 1.71 bits per heavy atom. The van der Waals surface area contributed by atoms with Gasteiger partial charge in [-0.3, -0.25) is 4.99 Å². The minimum atomic E-state index is 0.196. The minimum Gasteiger partial charge on any atom is -0.375 e. The van der Waals surface area contributed by atoms with E-state index in [1.165, 1.54) is 51.4 Å². The van der Waals surface area contributed by atoms with E-state index in [2.05, 4.69) is 15.2 Å². The van der Waals surface area contributed by atoms with Crippen molar-refractivity contribution >= 4 is 5.96 Å². The van der Waals surface area contributed by atoms with E-state index in [4.69, 9.17) is 9.47 Å². The van der Waals surface area contributed by atoms with Crippen molar-refractivity contribution in [2.24, 2.45) is 10.9 Å². The lowest BCUT2D eigenvalue weighted by atomic mass is 9.91. The molecule has 5 heteroatoms. The van der Waals surface area contributed by atoms with Crippen molar-refractivity contribution in [3.05, 3.63) is 0 Å². The quantitative estimate of drug-likeness (QED) is 0.635. The Balaban J connectivity index is 1.47. The summed E-state index contributed by atoms with van der Waals surface area (Å²) in [7, 11) is 1.90. The summed E-state index contributed by atoms with van der Waals surface area (Å²) in [6.07, 6.45) is 12.5. The van der Waals surface area contributed by atoms with Crippen LogP contribution < -0.4 is 5.32 Å². The average Bonchev–Trinajstić information content (AvgIpc) is 3.12. The summed E-state index contributed by atoms with van der Waals surface area (Å²) in [6.45, 7) is 4.55. The molecule has 3 fully saturated rings. The van der Waals surface area contributed by atoms with Crippen LogP contribution in [-0.4, -0.2) is 63.0 Å². The Labute approximate surface area is 147 Å². The fraction of sp³-hybridized carbons (Fsp3) is 0.947.